The number of aromatic nitrogens is 2. The minimum absolute atomic E-state index is 0.0148. The largest absolute Gasteiger partial charge is 0.481 e. The minimum atomic E-state index is -0.960. The van der Waals surface area contributed by atoms with E-state index in [4.69, 9.17) is 11.1 Å². The zero-order valence-corrected chi connectivity index (χ0v) is 20.0. The predicted octanol–water partition coefficient (Wildman–Crippen LogP) is 4.42. The lowest BCUT2D eigenvalue weighted by molar-refractivity contribution is -0.137. The summed E-state index contributed by atoms with van der Waals surface area (Å²) in [6, 6.07) is 22.8. The first kappa shape index (κ1) is 23.7. The summed E-state index contributed by atoms with van der Waals surface area (Å²) in [4.78, 5) is 31.0. The Morgan fingerprint density at radius 3 is 2.43 bits per heavy atom. The van der Waals surface area contributed by atoms with E-state index in [0.717, 1.165) is 22.4 Å². The van der Waals surface area contributed by atoms with Crippen molar-refractivity contribution >= 4 is 29.9 Å². The monoisotopic (exact) mass is 491 g/mol. The van der Waals surface area contributed by atoms with Crippen molar-refractivity contribution in [2.75, 3.05) is 6.54 Å². The molecule has 0 atom stereocenters. The van der Waals surface area contributed by atoms with Crippen LogP contribution in [0.4, 0.5) is 0 Å². The molecule has 0 aliphatic carbocycles. The number of nitrogen functional groups attached to an aromatic ring is 1. The van der Waals surface area contributed by atoms with Gasteiger partial charge in [0.15, 0.2) is 0 Å². The van der Waals surface area contributed by atoms with E-state index in [1.54, 1.807) is 23.2 Å². The number of carbonyl (C=O) groups is 2. The highest BCUT2D eigenvalue weighted by atomic mass is 16.4. The molecule has 4 N–H and O–H groups in total. The lowest BCUT2D eigenvalue weighted by Gasteiger charge is -2.19. The van der Waals surface area contributed by atoms with Crippen LogP contribution in [0.1, 0.15) is 39.3 Å². The second kappa shape index (κ2) is 9.94. The van der Waals surface area contributed by atoms with Gasteiger partial charge < -0.3 is 15.7 Å². The van der Waals surface area contributed by atoms with Gasteiger partial charge in [0.1, 0.15) is 11.7 Å². The summed E-state index contributed by atoms with van der Waals surface area (Å²) in [5, 5.41) is 16.8. The van der Waals surface area contributed by atoms with Crippen molar-refractivity contribution in [2.24, 2.45) is 5.73 Å². The van der Waals surface area contributed by atoms with Gasteiger partial charge in [0.05, 0.1) is 36.1 Å². The van der Waals surface area contributed by atoms with Gasteiger partial charge in [0.2, 0.25) is 0 Å². The fraction of sp³-hybridized carbons (Fsp3) is 0.103. The fourth-order valence-electron chi connectivity index (χ4n) is 4.40. The molecule has 1 amide bonds. The van der Waals surface area contributed by atoms with Crippen molar-refractivity contribution in [3.8, 4) is 16.9 Å². The molecule has 0 saturated carbocycles. The Balaban J connectivity index is 1.56. The first-order valence-corrected chi connectivity index (χ1v) is 11.8. The van der Waals surface area contributed by atoms with Crippen molar-refractivity contribution in [3.63, 3.8) is 0 Å². The third-order valence-corrected chi connectivity index (χ3v) is 6.30. The van der Waals surface area contributed by atoms with Crippen molar-refractivity contribution in [1.82, 2.24) is 14.5 Å². The molecule has 0 radical (unpaired) electrons. The van der Waals surface area contributed by atoms with Crippen molar-refractivity contribution in [3.05, 3.63) is 107 Å². The van der Waals surface area contributed by atoms with Gasteiger partial charge in [-0.1, -0.05) is 72.8 Å². The van der Waals surface area contributed by atoms with E-state index in [-0.39, 0.29) is 31.3 Å². The number of nitrogens with zero attached hydrogens (tertiary/aromatic N) is 3. The number of carbonyl (C=O) groups excluding carboxylic acids is 1. The van der Waals surface area contributed by atoms with E-state index in [9.17, 15) is 14.7 Å². The molecule has 0 saturated heterocycles. The van der Waals surface area contributed by atoms with Crippen LogP contribution in [0.2, 0.25) is 0 Å². The number of hydrogen-bond donors (Lipinski definition) is 3. The molecule has 0 fully saturated rings. The van der Waals surface area contributed by atoms with Crippen LogP contribution in [-0.2, 0) is 11.3 Å². The van der Waals surface area contributed by atoms with Crippen molar-refractivity contribution in [1.29, 1.82) is 5.41 Å². The van der Waals surface area contributed by atoms with Gasteiger partial charge in [0, 0.05) is 17.7 Å². The molecule has 0 unspecified atom stereocenters. The first-order chi connectivity index (χ1) is 17.9. The molecule has 8 heteroatoms. The Labute approximate surface area is 213 Å². The van der Waals surface area contributed by atoms with E-state index >= 15 is 0 Å². The summed E-state index contributed by atoms with van der Waals surface area (Å²) in [5.74, 6) is -0.508. The summed E-state index contributed by atoms with van der Waals surface area (Å²) >= 11 is 0. The van der Waals surface area contributed by atoms with Crippen LogP contribution in [0, 0.1) is 5.41 Å². The molecule has 1 aliphatic heterocycles. The number of carboxylic acid groups (broad SMARTS) is 1. The maximum atomic E-state index is 13.6. The molecular formula is C29H25N5O3. The minimum Gasteiger partial charge on any atom is -0.481 e. The van der Waals surface area contributed by atoms with Gasteiger partial charge in [0.25, 0.3) is 5.91 Å². The van der Waals surface area contributed by atoms with Crippen molar-refractivity contribution < 1.29 is 14.7 Å². The summed E-state index contributed by atoms with van der Waals surface area (Å²) in [7, 11) is 0. The number of nitrogens with one attached hydrogen (secondary N) is 1. The van der Waals surface area contributed by atoms with E-state index < -0.39 is 5.97 Å². The van der Waals surface area contributed by atoms with Gasteiger partial charge in [-0.25, -0.2) is 4.98 Å². The number of carboxylic acids is 1. The molecular weight excluding hydrogens is 466 g/mol. The van der Waals surface area contributed by atoms with Crippen molar-refractivity contribution in [2.45, 2.75) is 13.0 Å². The van der Waals surface area contributed by atoms with E-state index in [0.29, 0.717) is 22.6 Å². The SMILES string of the molecule is N=C(N)c1ccc(C=Cc2ccc3c(c2)C(=O)N(CCC(=O)O)Cc2ncc(-c4ccccc4)n2-3)cc1. The van der Waals surface area contributed by atoms with E-state index in [2.05, 4.69) is 4.98 Å². The van der Waals surface area contributed by atoms with Gasteiger partial charge in [-0.3, -0.25) is 19.6 Å². The average molecular weight is 492 g/mol. The molecule has 1 aromatic heterocycles. The van der Waals surface area contributed by atoms with E-state index in [1.807, 2.05) is 77.4 Å². The number of fused-ring (bicyclic) bond motifs is 3. The lowest BCUT2D eigenvalue weighted by atomic mass is 10.0. The maximum absolute atomic E-state index is 13.6. The quantitative estimate of drug-likeness (QED) is 0.200. The lowest BCUT2D eigenvalue weighted by Crippen LogP contribution is -2.32. The van der Waals surface area contributed by atoms with Crippen LogP contribution in [0.5, 0.6) is 0 Å². The number of hydrogen-bond acceptors (Lipinski definition) is 4. The highest BCUT2D eigenvalue weighted by molar-refractivity contribution is 6.00. The molecule has 2 heterocycles. The summed E-state index contributed by atoms with van der Waals surface area (Å²) in [6.07, 6.45) is 5.48. The second-order valence-electron chi connectivity index (χ2n) is 8.78. The van der Waals surface area contributed by atoms with Crippen LogP contribution < -0.4 is 5.73 Å². The van der Waals surface area contributed by atoms with Gasteiger partial charge >= 0.3 is 5.97 Å². The van der Waals surface area contributed by atoms with Gasteiger partial charge in [-0.05, 0) is 23.3 Å². The summed E-state index contributed by atoms with van der Waals surface area (Å²) < 4.78 is 1.98. The van der Waals surface area contributed by atoms with Gasteiger partial charge in [-0.2, -0.15) is 0 Å². The normalized spacial score (nSPS) is 12.8. The Morgan fingerprint density at radius 1 is 1.03 bits per heavy atom. The Morgan fingerprint density at radius 2 is 1.73 bits per heavy atom. The number of benzene rings is 3. The second-order valence-corrected chi connectivity index (χ2v) is 8.78. The Hall–Kier alpha value is -4.98. The topological polar surface area (TPSA) is 125 Å². The zero-order valence-electron chi connectivity index (χ0n) is 20.0. The number of nitrogens with two attached hydrogens (primary N) is 1. The number of amides is 1. The molecule has 184 valence electrons. The number of aliphatic carboxylic acids is 1. The van der Waals surface area contributed by atoms with Crippen LogP contribution in [0.15, 0.2) is 79.0 Å². The average Bonchev–Trinajstić information content (AvgIpc) is 3.28. The predicted molar refractivity (Wildman–Crippen MR) is 142 cm³/mol. The molecule has 1 aliphatic rings. The Bertz CT molecular complexity index is 1520. The molecule has 8 nitrogen and oxygen atoms in total. The number of imidazole rings is 1. The third kappa shape index (κ3) is 4.90. The smallest absolute Gasteiger partial charge is 0.305 e. The summed E-state index contributed by atoms with van der Waals surface area (Å²) in [5.41, 5.74) is 11.0. The zero-order chi connectivity index (χ0) is 25.9. The van der Waals surface area contributed by atoms with Crippen LogP contribution in [0.3, 0.4) is 0 Å². The van der Waals surface area contributed by atoms with E-state index in [1.165, 1.54) is 0 Å². The molecule has 0 bridgehead atoms. The van der Waals surface area contributed by atoms with Crippen LogP contribution in [0.25, 0.3) is 29.1 Å². The highest BCUT2D eigenvalue weighted by Gasteiger charge is 2.29. The Kier molecular flexibility index (Phi) is 6.38. The molecule has 5 rings (SSSR count). The molecule has 37 heavy (non-hydrogen) atoms. The fourth-order valence-corrected chi connectivity index (χ4v) is 4.40. The molecule has 4 aromatic rings. The highest BCUT2D eigenvalue weighted by Crippen LogP contribution is 2.32. The summed E-state index contributed by atoms with van der Waals surface area (Å²) in [6.45, 7) is 0.297. The van der Waals surface area contributed by atoms with Crippen LogP contribution in [-0.4, -0.2) is 43.8 Å². The van der Waals surface area contributed by atoms with Crippen LogP contribution >= 0.6 is 0 Å². The van der Waals surface area contributed by atoms with Gasteiger partial charge in [-0.15, -0.1) is 0 Å². The molecule has 3 aromatic carbocycles. The molecule has 0 spiro atoms. The third-order valence-electron chi connectivity index (χ3n) is 6.30. The first-order valence-electron chi connectivity index (χ1n) is 11.8. The number of amidine groups is 1. The number of rotatable bonds is 7. The standard InChI is InChI=1S/C29H25N5O3/c30-28(31)22-11-8-19(9-12-22)6-7-20-10-13-24-23(16-20)29(37)33(15-14-27(35)36)18-26-32-17-25(34(24)26)21-4-2-1-3-5-21/h1-13,16-17H,14-15,18H2,(H3,30,31)(H,35,36). The maximum Gasteiger partial charge on any atom is 0.305 e.